The molecule has 0 aromatic heterocycles. The third kappa shape index (κ3) is 5.57. The summed E-state index contributed by atoms with van der Waals surface area (Å²) in [6.07, 6.45) is 6.42. The highest BCUT2D eigenvalue weighted by molar-refractivity contribution is 5.84. The van der Waals surface area contributed by atoms with E-state index < -0.39 is 10.8 Å². The molecule has 2 aromatic carbocycles. The number of hydrogen-bond donors (Lipinski definition) is 1. The standard InChI is InChI=1S/C19H17N3O5/c1-3-10-27-17-9-8-14(11-18(17)26-2)13-20-21-19(23)12-15-6-4-5-7-16(15)22(24)25/h1,4-9,11,13H,10,12H2,2H3,(H,21,23). The molecule has 0 saturated heterocycles. The van der Waals surface area contributed by atoms with Gasteiger partial charge in [0.1, 0.15) is 6.61 Å². The van der Waals surface area contributed by atoms with Crippen molar-refractivity contribution in [3.63, 3.8) is 0 Å². The van der Waals surface area contributed by atoms with Crippen LogP contribution in [0, 0.1) is 22.5 Å². The molecule has 0 radical (unpaired) electrons. The molecule has 0 heterocycles. The molecule has 0 fully saturated rings. The maximum atomic E-state index is 12.0. The number of ether oxygens (including phenoxy) is 2. The molecule has 138 valence electrons. The predicted molar refractivity (Wildman–Crippen MR) is 99.9 cm³/mol. The summed E-state index contributed by atoms with van der Waals surface area (Å²) in [7, 11) is 1.49. The minimum atomic E-state index is -0.526. The molecule has 0 spiro atoms. The van der Waals surface area contributed by atoms with E-state index in [-0.39, 0.29) is 18.7 Å². The van der Waals surface area contributed by atoms with Gasteiger partial charge in [0.2, 0.25) is 5.91 Å². The molecule has 8 nitrogen and oxygen atoms in total. The number of methoxy groups -OCH3 is 1. The molecule has 0 saturated carbocycles. The maximum Gasteiger partial charge on any atom is 0.273 e. The molecule has 1 N–H and O–H groups in total. The Labute approximate surface area is 155 Å². The first-order valence-corrected chi connectivity index (χ1v) is 7.83. The summed E-state index contributed by atoms with van der Waals surface area (Å²) in [6.45, 7) is 0.117. The van der Waals surface area contributed by atoms with Crippen LogP contribution in [0.15, 0.2) is 47.6 Å². The topological polar surface area (TPSA) is 103 Å². The number of carbonyl (C=O) groups excluding carboxylic acids is 1. The Balaban J connectivity index is 2.00. The lowest BCUT2D eigenvalue weighted by Gasteiger charge is -2.09. The molecule has 2 rings (SSSR count). The lowest BCUT2D eigenvalue weighted by atomic mass is 10.1. The monoisotopic (exact) mass is 367 g/mol. The van der Waals surface area contributed by atoms with Crippen molar-refractivity contribution < 1.29 is 19.2 Å². The van der Waals surface area contributed by atoms with Gasteiger partial charge >= 0.3 is 0 Å². The van der Waals surface area contributed by atoms with Crippen molar-refractivity contribution in [2.75, 3.05) is 13.7 Å². The highest BCUT2D eigenvalue weighted by Gasteiger charge is 2.15. The van der Waals surface area contributed by atoms with Crippen LogP contribution in [0.25, 0.3) is 0 Å². The molecule has 0 atom stereocenters. The van der Waals surface area contributed by atoms with Crippen molar-refractivity contribution in [3.8, 4) is 23.8 Å². The van der Waals surface area contributed by atoms with Crippen molar-refractivity contribution in [2.45, 2.75) is 6.42 Å². The Morgan fingerprint density at radius 3 is 2.81 bits per heavy atom. The number of para-hydroxylation sites is 1. The highest BCUT2D eigenvalue weighted by Crippen LogP contribution is 2.27. The number of amides is 1. The predicted octanol–water partition coefficient (Wildman–Crippen LogP) is 2.31. The summed E-state index contributed by atoms with van der Waals surface area (Å²) in [4.78, 5) is 22.4. The van der Waals surface area contributed by atoms with Crippen molar-refractivity contribution in [3.05, 3.63) is 63.7 Å². The molecular weight excluding hydrogens is 350 g/mol. The number of hydrogen-bond acceptors (Lipinski definition) is 6. The average Bonchev–Trinajstić information content (AvgIpc) is 2.67. The number of hydrazone groups is 1. The smallest absolute Gasteiger partial charge is 0.273 e. The van der Waals surface area contributed by atoms with Gasteiger partial charge in [0.15, 0.2) is 11.5 Å². The lowest BCUT2D eigenvalue weighted by Crippen LogP contribution is -2.20. The fourth-order valence-corrected chi connectivity index (χ4v) is 2.23. The first-order valence-electron chi connectivity index (χ1n) is 7.83. The SMILES string of the molecule is C#CCOc1ccc(C=NNC(=O)Cc2ccccc2[N+](=O)[O-])cc1OC. The summed E-state index contributed by atoms with van der Waals surface area (Å²) in [5.41, 5.74) is 3.20. The van der Waals surface area contributed by atoms with E-state index in [0.29, 0.717) is 22.6 Å². The van der Waals surface area contributed by atoms with Crippen LogP contribution >= 0.6 is 0 Å². The highest BCUT2D eigenvalue weighted by atomic mass is 16.6. The Hall–Kier alpha value is -3.86. The Bertz CT molecular complexity index is 902. The van der Waals surface area contributed by atoms with Gasteiger partial charge in [-0.15, -0.1) is 6.42 Å². The summed E-state index contributed by atoms with van der Waals surface area (Å²) in [5, 5.41) is 14.8. The number of nitrogens with zero attached hydrogens (tertiary/aromatic N) is 2. The van der Waals surface area contributed by atoms with Crippen LogP contribution < -0.4 is 14.9 Å². The third-order valence-electron chi connectivity index (χ3n) is 3.44. The zero-order valence-electron chi connectivity index (χ0n) is 14.5. The van der Waals surface area contributed by atoms with Gasteiger partial charge in [-0.25, -0.2) is 5.43 Å². The van der Waals surface area contributed by atoms with Crippen molar-refractivity contribution in [1.82, 2.24) is 5.43 Å². The number of carbonyl (C=O) groups is 1. The van der Waals surface area contributed by atoms with Gasteiger partial charge in [-0.3, -0.25) is 14.9 Å². The number of terminal acetylenes is 1. The van der Waals surface area contributed by atoms with Gasteiger partial charge in [-0.05, 0) is 23.8 Å². The summed E-state index contributed by atoms with van der Waals surface area (Å²) in [6, 6.07) is 11.1. The zero-order valence-corrected chi connectivity index (χ0v) is 14.5. The molecule has 0 aliphatic heterocycles. The van der Waals surface area contributed by atoms with Gasteiger partial charge in [0, 0.05) is 11.6 Å². The zero-order chi connectivity index (χ0) is 19.6. The quantitative estimate of drug-likeness (QED) is 0.334. The molecule has 0 aliphatic carbocycles. The largest absolute Gasteiger partial charge is 0.493 e. The van der Waals surface area contributed by atoms with Crippen molar-refractivity contribution >= 4 is 17.8 Å². The average molecular weight is 367 g/mol. The fraction of sp³-hybridized carbons (Fsp3) is 0.158. The molecule has 0 aliphatic rings. The van der Waals surface area contributed by atoms with E-state index in [1.807, 2.05) is 0 Å². The third-order valence-corrected chi connectivity index (χ3v) is 3.44. The van der Waals surface area contributed by atoms with Crippen molar-refractivity contribution in [1.29, 1.82) is 0 Å². The van der Waals surface area contributed by atoms with Crippen LogP contribution in [-0.4, -0.2) is 30.8 Å². The number of nitro benzene ring substituents is 1. The number of nitro groups is 1. The van der Waals surface area contributed by atoms with Crippen LogP contribution in [0.3, 0.4) is 0 Å². The van der Waals surface area contributed by atoms with E-state index in [4.69, 9.17) is 15.9 Å². The van der Waals surface area contributed by atoms with E-state index in [1.54, 1.807) is 30.3 Å². The van der Waals surface area contributed by atoms with E-state index >= 15 is 0 Å². The van der Waals surface area contributed by atoms with E-state index in [9.17, 15) is 14.9 Å². The summed E-state index contributed by atoms with van der Waals surface area (Å²) < 4.78 is 10.6. The van der Waals surface area contributed by atoms with Gasteiger partial charge < -0.3 is 9.47 Å². The first-order chi connectivity index (χ1) is 13.0. The van der Waals surface area contributed by atoms with Crippen LogP contribution in [-0.2, 0) is 11.2 Å². The molecule has 0 bridgehead atoms. The van der Waals surface area contributed by atoms with E-state index in [1.165, 1.54) is 25.5 Å². The van der Waals surface area contributed by atoms with Crippen LogP contribution in [0.4, 0.5) is 5.69 Å². The van der Waals surface area contributed by atoms with E-state index in [0.717, 1.165) is 0 Å². The Morgan fingerprint density at radius 2 is 2.11 bits per heavy atom. The molecule has 27 heavy (non-hydrogen) atoms. The maximum absolute atomic E-state index is 12.0. The van der Waals surface area contributed by atoms with Crippen LogP contribution in [0.2, 0.25) is 0 Å². The normalized spacial score (nSPS) is 10.2. The lowest BCUT2D eigenvalue weighted by molar-refractivity contribution is -0.385. The number of rotatable bonds is 8. The first kappa shape index (κ1) is 19.5. The second-order valence-electron chi connectivity index (χ2n) is 5.26. The fourth-order valence-electron chi connectivity index (χ4n) is 2.23. The summed E-state index contributed by atoms with van der Waals surface area (Å²) in [5.74, 6) is 2.86. The van der Waals surface area contributed by atoms with Gasteiger partial charge in [0.25, 0.3) is 5.69 Å². The number of nitrogens with one attached hydrogen (secondary N) is 1. The molecule has 0 unspecified atom stereocenters. The minimum absolute atomic E-state index is 0.107. The molecule has 2 aromatic rings. The van der Waals surface area contributed by atoms with Crippen LogP contribution in [0.1, 0.15) is 11.1 Å². The van der Waals surface area contributed by atoms with Crippen molar-refractivity contribution in [2.24, 2.45) is 5.10 Å². The molecular formula is C19H17N3O5. The molecule has 1 amide bonds. The van der Waals surface area contributed by atoms with E-state index in [2.05, 4.69) is 16.4 Å². The van der Waals surface area contributed by atoms with Gasteiger partial charge in [-0.2, -0.15) is 5.10 Å². The van der Waals surface area contributed by atoms with Gasteiger partial charge in [0.05, 0.1) is 24.7 Å². The second-order valence-corrected chi connectivity index (χ2v) is 5.26. The summed E-state index contributed by atoms with van der Waals surface area (Å²) >= 11 is 0. The Kier molecular flexibility index (Phi) is 6.91. The number of benzene rings is 2. The van der Waals surface area contributed by atoms with Crippen LogP contribution in [0.5, 0.6) is 11.5 Å². The minimum Gasteiger partial charge on any atom is -0.493 e. The second kappa shape index (κ2) is 9.58. The molecule has 8 heteroatoms. The Morgan fingerprint density at radius 1 is 1.33 bits per heavy atom. The van der Waals surface area contributed by atoms with Gasteiger partial charge in [-0.1, -0.05) is 24.1 Å².